The second-order valence-electron chi connectivity index (χ2n) is 4.09. The fourth-order valence-corrected chi connectivity index (χ4v) is 2.30. The van der Waals surface area contributed by atoms with E-state index in [0.717, 1.165) is 18.7 Å². The molecule has 0 spiro atoms. The lowest BCUT2D eigenvalue weighted by molar-refractivity contribution is 0.810. The summed E-state index contributed by atoms with van der Waals surface area (Å²) in [6.45, 7) is 1.38. The first kappa shape index (κ1) is 14.1. The van der Waals surface area contributed by atoms with Crippen LogP contribution < -0.4 is 10.6 Å². The molecule has 100 valence electrons. The third-order valence-electron chi connectivity index (χ3n) is 2.70. The van der Waals surface area contributed by atoms with Crippen LogP contribution in [0.1, 0.15) is 6.42 Å². The Kier molecular flexibility index (Phi) is 5.02. The maximum absolute atomic E-state index is 6.23. The minimum absolute atomic E-state index is 0.528. The Labute approximate surface area is 123 Å². The smallest absolute Gasteiger partial charge is 0.151 e. The molecule has 19 heavy (non-hydrogen) atoms. The van der Waals surface area contributed by atoms with Gasteiger partial charge in [-0.1, -0.05) is 41.4 Å². The molecule has 0 fully saturated rings. The summed E-state index contributed by atoms with van der Waals surface area (Å²) in [6.07, 6.45) is 2.46. The van der Waals surface area contributed by atoms with Crippen molar-refractivity contribution < 1.29 is 0 Å². The largest absolute Gasteiger partial charge is 0.330 e. The van der Waals surface area contributed by atoms with E-state index in [1.165, 1.54) is 0 Å². The number of rotatable bonds is 5. The number of anilines is 2. The molecule has 1 aromatic carbocycles. The van der Waals surface area contributed by atoms with Crippen molar-refractivity contribution in [2.45, 2.75) is 6.42 Å². The van der Waals surface area contributed by atoms with E-state index in [-0.39, 0.29) is 0 Å². The summed E-state index contributed by atoms with van der Waals surface area (Å²) in [5.41, 5.74) is 6.63. The van der Waals surface area contributed by atoms with E-state index in [0.29, 0.717) is 22.4 Å². The molecule has 0 amide bonds. The SMILES string of the molecule is NCCCN(c1ccccc1)c1ncc(Cl)cc1Cl. The van der Waals surface area contributed by atoms with Crippen molar-refractivity contribution in [1.82, 2.24) is 4.98 Å². The summed E-state index contributed by atoms with van der Waals surface area (Å²) in [4.78, 5) is 6.38. The van der Waals surface area contributed by atoms with Gasteiger partial charge in [0.2, 0.25) is 0 Å². The van der Waals surface area contributed by atoms with Gasteiger partial charge >= 0.3 is 0 Å². The Bertz CT molecular complexity index is 531. The van der Waals surface area contributed by atoms with Crippen LogP contribution in [0.4, 0.5) is 11.5 Å². The molecule has 2 N–H and O–H groups in total. The minimum atomic E-state index is 0.528. The standard InChI is InChI=1S/C14H15Cl2N3/c15-11-9-13(16)14(18-10-11)19(8-4-7-17)12-5-2-1-3-6-12/h1-3,5-6,9-10H,4,7-8,17H2. The van der Waals surface area contributed by atoms with Gasteiger partial charge in [-0.15, -0.1) is 0 Å². The van der Waals surface area contributed by atoms with Crippen molar-refractivity contribution in [3.63, 3.8) is 0 Å². The third-order valence-corrected chi connectivity index (χ3v) is 3.18. The highest BCUT2D eigenvalue weighted by molar-refractivity contribution is 6.36. The maximum atomic E-state index is 6.23. The molecule has 0 radical (unpaired) electrons. The van der Waals surface area contributed by atoms with Gasteiger partial charge in [0.15, 0.2) is 5.82 Å². The summed E-state index contributed by atoms with van der Waals surface area (Å²) in [7, 11) is 0. The molecular weight excluding hydrogens is 281 g/mol. The van der Waals surface area contributed by atoms with Gasteiger partial charge in [-0.25, -0.2) is 4.98 Å². The van der Waals surface area contributed by atoms with Gasteiger partial charge in [0.05, 0.1) is 10.0 Å². The van der Waals surface area contributed by atoms with Crippen molar-refractivity contribution >= 4 is 34.7 Å². The predicted molar refractivity (Wildman–Crippen MR) is 81.4 cm³/mol. The molecule has 1 heterocycles. The van der Waals surface area contributed by atoms with Crippen LogP contribution in [0.25, 0.3) is 0 Å². The van der Waals surface area contributed by atoms with Crippen LogP contribution >= 0.6 is 23.2 Å². The zero-order valence-corrected chi connectivity index (χ0v) is 11.9. The number of hydrogen-bond acceptors (Lipinski definition) is 3. The molecule has 0 unspecified atom stereocenters. The quantitative estimate of drug-likeness (QED) is 0.910. The number of benzene rings is 1. The second kappa shape index (κ2) is 6.75. The minimum Gasteiger partial charge on any atom is -0.330 e. The number of nitrogens with zero attached hydrogens (tertiary/aromatic N) is 2. The third kappa shape index (κ3) is 3.60. The molecule has 0 saturated heterocycles. The Morgan fingerprint density at radius 3 is 2.53 bits per heavy atom. The Morgan fingerprint density at radius 2 is 1.89 bits per heavy atom. The first-order valence-corrected chi connectivity index (χ1v) is 6.81. The number of para-hydroxylation sites is 1. The highest BCUT2D eigenvalue weighted by Gasteiger charge is 2.13. The number of hydrogen-bond donors (Lipinski definition) is 1. The number of halogens is 2. The Balaban J connectivity index is 2.37. The number of pyridine rings is 1. The molecule has 2 aromatic rings. The van der Waals surface area contributed by atoms with Gasteiger partial charge in [-0.05, 0) is 31.2 Å². The van der Waals surface area contributed by atoms with Crippen molar-refractivity contribution in [3.8, 4) is 0 Å². The van der Waals surface area contributed by atoms with Crippen LogP contribution in [-0.4, -0.2) is 18.1 Å². The van der Waals surface area contributed by atoms with Crippen molar-refractivity contribution in [1.29, 1.82) is 0 Å². The predicted octanol–water partition coefficient (Wildman–Crippen LogP) is 3.88. The van der Waals surface area contributed by atoms with Crippen LogP contribution in [0.15, 0.2) is 42.6 Å². The van der Waals surface area contributed by atoms with E-state index in [4.69, 9.17) is 28.9 Å². The van der Waals surface area contributed by atoms with Crippen LogP contribution in [0, 0.1) is 0 Å². The highest BCUT2D eigenvalue weighted by atomic mass is 35.5. The van der Waals surface area contributed by atoms with E-state index >= 15 is 0 Å². The van der Waals surface area contributed by atoms with E-state index in [9.17, 15) is 0 Å². The van der Waals surface area contributed by atoms with Gasteiger partial charge in [-0.3, -0.25) is 0 Å². The number of aromatic nitrogens is 1. The topological polar surface area (TPSA) is 42.1 Å². The molecule has 3 nitrogen and oxygen atoms in total. The van der Waals surface area contributed by atoms with E-state index in [1.807, 2.05) is 35.2 Å². The molecule has 0 aliphatic heterocycles. The van der Waals surface area contributed by atoms with Crippen LogP contribution in [0.3, 0.4) is 0 Å². The van der Waals surface area contributed by atoms with E-state index in [1.54, 1.807) is 12.3 Å². The van der Waals surface area contributed by atoms with Gasteiger partial charge < -0.3 is 10.6 Å². The molecule has 1 aromatic heterocycles. The van der Waals surface area contributed by atoms with Crippen molar-refractivity contribution in [2.75, 3.05) is 18.0 Å². The lowest BCUT2D eigenvalue weighted by atomic mass is 10.2. The lowest BCUT2D eigenvalue weighted by Crippen LogP contribution is -2.22. The van der Waals surface area contributed by atoms with E-state index < -0.39 is 0 Å². The Morgan fingerprint density at radius 1 is 1.16 bits per heavy atom. The molecule has 2 rings (SSSR count). The van der Waals surface area contributed by atoms with Crippen molar-refractivity contribution in [3.05, 3.63) is 52.6 Å². The monoisotopic (exact) mass is 295 g/mol. The summed E-state index contributed by atoms with van der Waals surface area (Å²) in [6, 6.07) is 11.7. The normalized spacial score (nSPS) is 10.5. The van der Waals surface area contributed by atoms with Gasteiger partial charge in [0.25, 0.3) is 0 Å². The van der Waals surface area contributed by atoms with E-state index in [2.05, 4.69) is 4.98 Å². The van der Waals surface area contributed by atoms with Crippen LogP contribution in [0.5, 0.6) is 0 Å². The van der Waals surface area contributed by atoms with Crippen molar-refractivity contribution in [2.24, 2.45) is 5.73 Å². The maximum Gasteiger partial charge on any atom is 0.151 e. The summed E-state index contributed by atoms with van der Waals surface area (Å²) >= 11 is 12.1. The molecule has 0 aliphatic carbocycles. The zero-order chi connectivity index (χ0) is 13.7. The van der Waals surface area contributed by atoms with Gasteiger partial charge in [-0.2, -0.15) is 0 Å². The summed E-state index contributed by atoms with van der Waals surface area (Å²) < 4.78 is 0. The first-order valence-electron chi connectivity index (χ1n) is 6.06. The van der Waals surface area contributed by atoms with Gasteiger partial charge in [0.1, 0.15) is 0 Å². The summed E-state index contributed by atoms with van der Waals surface area (Å²) in [5, 5.41) is 1.06. The lowest BCUT2D eigenvalue weighted by Gasteiger charge is -2.24. The first-order chi connectivity index (χ1) is 9.22. The fourth-order valence-electron chi connectivity index (χ4n) is 1.82. The fraction of sp³-hybridized carbons (Fsp3) is 0.214. The molecular formula is C14H15Cl2N3. The van der Waals surface area contributed by atoms with Gasteiger partial charge in [0, 0.05) is 18.4 Å². The van der Waals surface area contributed by atoms with Crippen LogP contribution in [0.2, 0.25) is 10.0 Å². The highest BCUT2D eigenvalue weighted by Crippen LogP contribution is 2.31. The number of nitrogens with two attached hydrogens (primary N) is 1. The molecule has 0 bridgehead atoms. The average molecular weight is 296 g/mol. The average Bonchev–Trinajstić information content (AvgIpc) is 2.42. The molecule has 0 atom stereocenters. The molecule has 5 heteroatoms. The Hall–Kier alpha value is -1.29. The summed E-state index contributed by atoms with van der Waals surface area (Å²) in [5.74, 6) is 0.700. The molecule has 0 aliphatic rings. The molecule has 0 saturated carbocycles. The second-order valence-corrected chi connectivity index (χ2v) is 4.93. The zero-order valence-electron chi connectivity index (χ0n) is 10.4. The van der Waals surface area contributed by atoms with Crippen LogP contribution in [-0.2, 0) is 0 Å².